The van der Waals surface area contributed by atoms with Crippen LogP contribution in [-0.4, -0.2) is 26.4 Å². The van der Waals surface area contributed by atoms with Crippen LogP contribution < -0.4 is 0 Å². The Morgan fingerprint density at radius 1 is 1.40 bits per heavy atom. The van der Waals surface area contributed by atoms with Crippen LogP contribution in [-0.2, 0) is 13.8 Å². The van der Waals surface area contributed by atoms with Gasteiger partial charge in [-0.2, -0.15) is 0 Å². The standard InChI is InChI=1S/C10H19ClO3S/c1-10(2,3)14-6-9(8-4-5-8)7-15(11,12)13/h8-9H,4-7H2,1-3H3. The van der Waals surface area contributed by atoms with E-state index in [1.54, 1.807) is 0 Å². The number of hydrogen-bond donors (Lipinski definition) is 0. The average molecular weight is 255 g/mol. The highest BCUT2D eigenvalue weighted by Crippen LogP contribution is 2.38. The molecule has 0 heterocycles. The molecule has 1 aliphatic carbocycles. The number of halogens is 1. The van der Waals surface area contributed by atoms with Crippen LogP contribution in [0.2, 0.25) is 0 Å². The van der Waals surface area contributed by atoms with Crippen LogP contribution in [0.25, 0.3) is 0 Å². The molecule has 0 radical (unpaired) electrons. The van der Waals surface area contributed by atoms with Crippen molar-refractivity contribution >= 4 is 19.7 Å². The maximum absolute atomic E-state index is 11.0. The molecule has 0 spiro atoms. The molecule has 0 aromatic carbocycles. The summed E-state index contributed by atoms with van der Waals surface area (Å²) in [5, 5.41) is 0. The van der Waals surface area contributed by atoms with Gasteiger partial charge < -0.3 is 4.74 Å². The third kappa shape index (κ3) is 6.38. The van der Waals surface area contributed by atoms with E-state index < -0.39 is 9.05 Å². The lowest BCUT2D eigenvalue weighted by Gasteiger charge is -2.23. The SMILES string of the molecule is CC(C)(C)OCC(CS(=O)(=O)Cl)C1CC1. The summed E-state index contributed by atoms with van der Waals surface area (Å²) in [5.74, 6) is 0.586. The molecule has 1 saturated carbocycles. The Kier molecular flexibility index (Phi) is 4.07. The smallest absolute Gasteiger partial charge is 0.232 e. The molecule has 0 aromatic rings. The molecular formula is C10H19ClO3S. The molecule has 1 fully saturated rings. The molecule has 1 atom stereocenters. The van der Waals surface area contributed by atoms with Crippen molar-refractivity contribution in [2.75, 3.05) is 12.4 Å². The van der Waals surface area contributed by atoms with E-state index in [-0.39, 0.29) is 17.3 Å². The summed E-state index contributed by atoms with van der Waals surface area (Å²) >= 11 is 0. The summed E-state index contributed by atoms with van der Waals surface area (Å²) < 4.78 is 27.6. The predicted molar refractivity (Wildman–Crippen MR) is 61.6 cm³/mol. The Balaban J connectivity index is 2.45. The molecule has 15 heavy (non-hydrogen) atoms. The first-order valence-electron chi connectivity index (χ1n) is 5.24. The van der Waals surface area contributed by atoms with Gasteiger partial charge in [-0.05, 0) is 39.5 Å². The van der Waals surface area contributed by atoms with Gasteiger partial charge in [0.05, 0.1) is 18.0 Å². The molecule has 0 aromatic heterocycles. The molecule has 0 saturated heterocycles. The molecule has 1 rings (SSSR count). The fourth-order valence-corrected chi connectivity index (χ4v) is 2.87. The van der Waals surface area contributed by atoms with E-state index in [0.29, 0.717) is 12.5 Å². The lowest BCUT2D eigenvalue weighted by Crippen LogP contribution is -2.27. The normalized spacial score (nSPS) is 20.3. The van der Waals surface area contributed by atoms with Crippen molar-refractivity contribution in [2.24, 2.45) is 11.8 Å². The van der Waals surface area contributed by atoms with Crippen LogP contribution in [0.15, 0.2) is 0 Å². The van der Waals surface area contributed by atoms with E-state index in [1.165, 1.54) is 0 Å². The van der Waals surface area contributed by atoms with E-state index >= 15 is 0 Å². The van der Waals surface area contributed by atoms with Crippen molar-refractivity contribution in [3.8, 4) is 0 Å². The second-order valence-corrected chi connectivity index (χ2v) is 8.05. The van der Waals surface area contributed by atoms with Crippen molar-refractivity contribution in [1.29, 1.82) is 0 Å². The van der Waals surface area contributed by atoms with Crippen LogP contribution in [0.5, 0.6) is 0 Å². The molecular weight excluding hydrogens is 236 g/mol. The van der Waals surface area contributed by atoms with Crippen molar-refractivity contribution in [3.63, 3.8) is 0 Å². The van der Waals surface area contributed by atoms with Crippen LogP contribution >= 0.6 is 10.7 Å². The summed E-state index contributed by atoms with van der Waals surface area (Å²) in [7, 11) is 1.86. The fraction of sp³-hybridized carbons (Fsp3) is 1.00. The van der Waals surface area contributed by atoms with Gasteiger partial charge in [-0.25, -0.2) is 8.42 Å². The second-order valence-electron chi connectivity index (χ2n) is 5.23. The highest BCUT2D eigenvalue weighted by atomic mass is 35.7. The van der Waals surface area contributed by atoms with Gasteiger partial charge in [-0.15, -0.1) is 0 Å². The van der Waals surface area contributed by atoms with E-state index in [9.17, 15) is 8.42 Å². The first-order chi connectivity index (χ1) is 6.67. The quantitative estimate of drug-likeness (QED) is 0.708. The second kappa shape index (κ2) is 4.60. The van der Waals surface area contributed by atoms with Crippen LogP contribution in [0.4, 0.5) is 0 Å². The molecule has 1 unspecified atom stereocenters. The van der Waals surface area contributed by atoms with E-state index in [0.717, 1.165) is 12.8 Å². The Labute approximate surface area is 96.6 Å². The highest BCUT2D eigenvalue weighted by Gasteiger charge is 2.34. The minimum absolute atomic E-state index is 0.0370. The van der Waals surface area contributed by atoms with Gasteiger partial charge in [0.1, 0.15) is 0 Å². The lowest BCUT2D eigenvalue weighted by molar-refractivity contribution is -0.0220. The Morgan fingerprint density at radius 2 is 1.93 bits per heavy atom. The molecule has 0 aliphatic heterocycles. The van der Waals surface area contributed by atoms with Gasteiger partial charge in [0.15, 0.2) is 0 Å². The van der Waals surface area contributed by atoms with Gasteiger partial charge in [0.25, 0.3) is 0 Å². The zero-order valence-corrected chi connectivity index (χ0v) is 11.1. The predicted octanol–water partition coefficient (Wildman–Crippen LogP) is 2.40. The minimum Gasteiger partial charge on any atom is -0.376 e. The molecule has 1 aliphatic rings. The zero-order chi connectivity index (χ0) is 11.7. The molecule has 3 nitrogen and oxygen atoms in total. The van der Waals surface area contributed by atoms with E-state index in [2.05, 4.69) is 0 Å². The van der Waals surface area contributed by atoms with Gasteiger partial charge >= 0.3 is 0 Å². The largest absolute Gasteiger partial charge is 0.376 e. The third-order valence-corrected chi connectivity index (χ3v) is 3.64. The minimum atomic E-state index is -3.40. The summed E-state index contributed by atoms with van der Waals surface area (Å²) in [6.45, 7) is 6.38. The monoisotopic (exact) mass is 254 g/mol. The van der Waals surface area contributed by atoms with Gasteiger partial charge in [-0.1, -0.05) is 0 Å². The molecule has 90 valence electrons. The third-order valence-electron chi connectivity index (χ3n) is 2.43. The van der Waals surface area contributed by atoms with Crippen LogP contribution in [0, 0.1) is 11.8 Å². The van der Waals surface area contributed by atoms with Gasteiger partial charge in [-0.3, -0.25) is 0 Å². The average Bonchev–Trinajstić information content (AvgIpc) is 2.75. The summed E-state index contributed by atoms with van der Waals surface area (Å²) in [6.07, 6.45) is 2.20. The Morgan fingerprint density at radius 3 is 2.27 bits per heavy atom. The van der Waals surface area contributed by atoms with Gasteiger partial charge in [0, 0.05) is 16.6 Å². The first-order valence-corrected chi connectivity index (χ1v) is 7.71. The molecule has 5 heteroatoms. The summed E-state index contributed by atoms with van der Waals surface area (Å²) in [4.78, 5) is 0. The van der Waals surface area contributed by atoms with Crippen molar-refractivity contribution in [3.05, 3.63) is 0 Å². The number of ether oxygens (including phenoxy) is 1. The fourth-order valence-electron chi connectivity index (χ4n) is 1.50. The van der Waals surface area contributed by atoms with Crippen LogP contribution in [0.3, 0.4) is 0 Å². The molecule has 0 N–H and O–H groups in total. The van der Waals surface area contributed by atoms with Gasteiger partial charge in [0.2, 0.25) is 9.05 Å². The molecule has 0 amide bonds. The maximum Gasteiger partial charge on any atom is 0.232 e. The topological polar surface area (TPSA) is 43.4 Å². The van der Waals surface area contributed by atoms with Crippen molar-refractivity contribution in [1.82, 2.24) is 0 Å². The lowest BCUT2D eigenvalue weighted by atomic mass is 10.1. The van der Waals surface area contributed by atoms with Crippen molar-refractivity contribution in [2.45, 2.75) is 39.2 Å². The Hall–Kier alpha value is 0.200. The first kappa shape index (κ1) is 13.3. The van der Waals surface area contributed by atoms with E-state index in [4.69, 9.17) is 15.4 Å². The van der Waals surface area contributed by atoms with E-state index in [1.807, 2.05) is 20.8 Å². The Bertz CT molecular complexity index is 301. The summed E-state index contributed by atoms with van der Waals surface area (Å²) in [6, 6.07) is 0. The van der Waals surface area contributed by atoms with Crippen LogP contribution in [0.1, 0.15) is 33.6 Å². The number of hydrogen-bond acceptors (Lipinski definition) is 3. The highest BCUT2D eigenvalue weighted by molar-refractivity contribution is 8.13. The summed E-state index contributed by atoms with van der Waals surface area (Å²) in [5.41, 5.74) is -0.219. The zero-order valence-electron chi connectivity index (χ0n) is 9.49. The van der Waals surface area contributed by atoms with Crippen molar-refractivity contribution < 1.29 is 13.2 Å². The molecule has 0 bridgehead atoms. The maximum atomic E-state index is 11.0. The number of rotatable bonds is 5.